The molecule has 0 saturated carbocycles. The van der Waals surface area contributed by atoms with E-state index in [0.29, 0.717) is 33.4 Å². The molecule has 0 aliphatic heterocycles. The maximum absolute atomic E-state index is 14.0. The summed E-state index contributed by atoms with van der Waals surface area (Å²) >= 11 is 0. The summed E-state index contributed by atoms with van der Waals surface area (Å²) in [6, 6.07) is 15.2. The number of hydrogen-bond donors (Lipinski definition) is 6. The zero-order chi connectivity index (χ0) is 39.5. The van der Waals surface area contributed by atoms with Crippen LogP contribution in [0.5, 0.6) is 11.5 Å². The lowest BCUT2D eigenvalue weighted by atomic mass is 9.75. The fourth-order valence-electron chi connectivity index (χ4n) is 7.74. The van der Waals surface area contributed by atoms with Crippen LogP contribution in [0.4, 0.5) is 11.4 Å². The summed E-state index contributed by atoms with van der Waals surface area (Å²) in [6.07, 6.45) is 3.02. The van der Waals surface area contributed by atoms with Crippen LogP contribution in [0.25, 0.3) is 33.4 Å². The van der Waals surface area contributed by atoms with Crippen LogP contribution in [-0.2, 0) is 9.59 Å². The van der Waals surface area contributed by atoms with Gasteiger partial charge in [0.25, 0.3) is 0 Å². The number of carbonyl (C=O) groups excluding carboxylic acids is 2. The number of hydrogen-bond acceptors (Lipinski definition) is 8. The fourth-order valence-corrected chi connectivity index (χ4v) is 7.74. The predicted octanol–water partition coefficient (Wildman–Crippen LogP) is 10.5. The summed E-state index contributed by atoms with van der Waals surface area (Å²) in [5.41, 5.74) is 9.71. The summed E-state index contributed by atoms with van der Waals surface area (Å²) in [5.74, 6) is -3.08. The van der Waals surface area contributed by atoms with E-state index in [1.165, 1.54) is 12.4 Å². The quantitative estimate of drug-likeness (QED) is 0.104. The van der Waals surface area contributed by atoms with Crippen LogP contribution < -0.4 is 10.6 Å². The molecule has 0 spiro atoms. The zero-order valence-corrected chi connectivity index (χ0v) is 32.5. The Balaban J connectivity index is 1.64. The van der Waals surface area contributed by atoms with Crippen molar-refractivity contribution in [3.05, 3.63) is 128 Å². The molecular weight excluding hydrogens is 677 g/mol. The van der Waals surface area contributed by atoms with Gasteiger partial charge in [0, 0.05) is 57.2 Å². The second-order valence-electron chi connectivity index (χ2n) is 15.1. The first-order chi connectivity index (χ1) is 25.5. The number of fused-ring (bicyclic) bond motifs is 2. The molecule has 0 heterocycles. The number of aliphatic hydroxyl groups excluding tert-OH is 2. The van der Waals surface area contributed by atoms with E-state index in [-0.39, 0.29) is 68.3 Å². The third kappa shape index (κ3) is 6.05. The zero-order valence-electron chi connectivity index (χ0n) is 32.5. The second kappa shape index (κ2) is 14.1. The maximum Gasteiger partial charge on any atom is 0.229 e. The van der Waals surface area contributed by atoms with Crippen LogP contribution in [0.15, 0.2) is 72.4 Å². The molecule has 0 fully saturated rings. The van der Waals surface area contributed by atoms with Crippen molar-refractivity contribution in [3.8, 4) is 22.6 Å². The minimum absolute atomic E-state index is 0.0603. The third-order valence-electron chi connectivity index (χ3n) is 10.9. The summed E-state index contributed by atoms with van der Waals surface area (Å²) in [6.45, 7) is 19.0. The van der Waals surface area contributed by atoms with E-state index in [1.807, 2.05) is 104 Å². The van der Waals surface area contributed by atoms with E-state index in [4.69, 9.17) is 0 Å². The van der Waals surface area contributed by atoms with Gasteiger partial charge in [0.15, 0.2) is 11.5 Å². The fraction of sp³-hybridized carbons (Fsp3) is 0.261. The monoisotopic (exact) mass is 724 g/mol. The number of ketones is 2. The normalized spacial score (nSPS) is 15.9. The Morgan fingerprint density at radius 1 is 0.519 bits per heavy atom. The Bertz CT molecular complexity index is 2250. The Morgan fingerprint density at radius 2 is 0.870 bits per heavy atom. The predicted molar refractivity (Wildman–Crippen MR) is 219 cm³/mol. The lowest BCUT2D eigenvalue weighted by Crippen LogP contribution is -2.20. The highest BCUT2D eigenvalue weighted by Gasteiger charge is 2.38. The molecule has 0 saturated heterocycles. The van der Waals surface area contributed by atoms with Crippen molar-refractivity contribution in [3.63, 3.8) is 0 Å². The Labute approximate surface area is 316 Å². The van der Waals surface area contributed by atoms with Gasteiger partial charge in [-0.05, 0) is 110 Å². The molecule has 54 heavy (non-hydrogen) atoms. The van der Waals surface area contributed by atoms with Gasteiger partial charge in [-0.1, -0.05) is 64.1 Å². The Kier molecular flexibility index (Phi) is 9.84. The molecule has 0 atom stereocenters. The molecule has 0 amide bonds. The average molecular weight is 725 g/mol. The summed E-state index contributed by atoms with van der Waals surface area (Å²) in [7, 11) is 0. The summed E-state index contributed by atoms with van der Waals surface area (Å²) in [5, 5.41) is 53.9. The number of benzene rings is 4. The molecule has 0 unspecified atom stereocenters. The molecule has 4 aromatic rings. The average Bonchev–Trinajstić information content (AvgIpc) is 3.10. The third-order valence-corrected chi connectivity index (χ3v) is 10.9. The van der Waals surface area contributed by atoms with Gasteiger partial charge in [-0.15, -0.1) is 0 Å². The first-order valence-corrected chi connectivity index (χ1v) is 18.2. The first-order valence-electron chi connectivity index (χ1n) is 18.2. The molecule has 0 bridgehead atoms. The van der Waals surface area contributed by atoms with Gasteiger partial charge >= 0.3 is 0 Å². The van der Waals surface area contributed by atoms with Crippen LogP contribution in [-0.4, -0.2) is 32.0 Å². The van der Waals surface area contributed by atoms with Gasteiger partial charge in [-0.3, -0.25) is 9.59 Å². The van der Waals surface area contributed by atoms with Crippen LogP contribution in [0.1, 0.15) is 83.3 Å². The second-order valence-corrected chi connectivity index (χ2v) is 15.1. The SMILES string of the molecule is Cc1cccc(N/C=C2\C(=O)C(O)=C(C(C)C)c3cc(C)c(-c4c(C)cc5c(c4O)/C(=C\Nc4cccc(C)c4C)C(=O)C(O)=C5C(C)C)c(O)c32)c1C. The Hall–Kier alpha value is -6.02. The molecule has 8 nitrogen and oxygen atoms in total. The number of aromatic hydroxyl groups is 2. The summed E-state index contributed by atoms with van der Waals surface area (Å²) in [4.78, 5) is 27.9. The Morgan fingerprint density at radius 3 is 1.20 bits per heavy atom. The number of aryl methyl sites for hydroxylation is 4. The molecule has 2 aliphatic carbocycles. The van der Waals surface area contributed by atoms with Crippen molar-refractivity contribution < 1.29 is 30.0 Å². The number of Topliss-reactive ketones (excluding diaryl/α,β-unsaturated/α-hetero) is 2. The van der Waals surface area contributed by atoms with Crippen molar-refractivity contribution in [2.45, 2.75) is 69.2 Å². The van der Waals surface area contributed by atoms with E-state index in [1.54, 1.807) is 13.8 Å². The minimum atomic E-state index is -0.643. The number of phenols is 2. The van der Waals surface area contributed by atoms with E-state index < -0.39 is 11.6 Å². The molecule has 0 aromatic heterocycles. The largest absolute Gasteiger partial charge is 0.507 e. The van der Waals surface area contributed by atoms with Crippen LogP contribution in [0.2, 0.25) is 0 Å². The van der Waals surface area contributed by atoms with E-state index >= 15 is 0 Å². The van der Waals surface area contributed by atoms with Crippen molar-refractivity contribution in [1.82, 2.24) is 0 Å². The number of aliphatic hydroxyl groups is 2. The standard InChI is InChI=1S/C46H48N2O6/c1-21(2)35-29-17-25(7)37(43(51)39(29)31(41(49)45(35)53)19-47-33-15-11-13-23(5)27(33)9)38-26(8)18-30-36(22(3)4)46(54)42(50)32(40(30)44(38)52)20-48-34-16-12-14-24(6)28(34)10/h11-22,47-48,51-54H,1-10H3/b31-19-,32-20+. The molecular formula is C46H48N2O6. The molecule has 278 valence electrons. The number of anilines is 2. The maximum atomic E-state index is 14.0. The number of allylic oxidation sites excluding steroid dienone is 4. The number of nitrogens with one attached hydrogen (secondary N) is 2. The van der Waals surface area contributed by atoms with E-state index in [2.05, 4.69) is 10.6 Å². The van der Waals surface area contributed by atoms with Crippen molar-refractivity contribution in [2.24, 2.45) is 11.8 Å². The number of phenolic OH excluding ortho intramolecular Hbond substituents is 2. The van der Waals surface area contributed by atoms with Crippen LogP contribution in [0, 0.1) is 53.4 Å². The van der Waals surface area contributed by atoms with Crippen LogP contribution >= 0.6 is 0 Å². The first kappa shape index (κ1) is 37.7. The smallest absolute Gasteiger partial charge is 0.229 e. The topological polar surface area (TPSA) is 139 Å². The molecule has 2 aliphatic rings. The van der Waals surface area contributed by atoms with E-state index in [9.17, 15) is 30.0 Å². The summed E-state index contributed by atoms with van der Waals surface area (Å²) < 4.78 is 0. The van der Waals surface area contributed by atoms with Crippen LogP contribution in [0.3, 0.4) is 0 Å². The number of rotatable bonds is 7. The van der Waals surface area contributed by atoms with Gasteiger partial charge in [-0.25, -0.2) is 0 Å². The van der Waals surface area contributed by atoms with Gasteiger partial charge in [0.05, 0.1) is 11.1 Å². The molecule has 0 radical (unpaired) electrons. The molecule has 6 N–H and O–H groups in total. The van der Waals surface area contributed by atoms with Crippen molar-refractivity contribution >= 4 is 45.2 Å². The molecule has 8 heteroatoms. The van der Waals surface area contributed by atoms with Gasteiger partial charge in [0.2, 0.25) is 11.6 Å². The van der Waals surface area contributed by atoms with Gasteiger partial charge in [-0.2, -0.15) is 0 Å². The number of carbonyl (C=O) groups is 2. The molecule has 6 rings (SSSR count). The van der Waals surface area contributed by atoms with E-state index in [0.717, 1.165) is 33.6 Å². The van der Waals surface area contributed by atoms with Crippen molar-refractivity contribution in [1.29, 1.82) is 0 Å². The highest BCUT2D eigenvalue weighted by Crippen LogP contribution is 2.53. The molecule has 4 aromatic carbocycles. The van der Waals surface area contributed by atoms with Gasteiger partial charge < -0.3 is 31.1 Å². The van der Waals surface area contributed by atoms with Gasteiger partial charge in [0.1, 0.15) is 11.5 Å². The highest BCUT2D eigenvalue weighted by molar-refractivity contribution is 6.35. The lowest BCUT2D eigenvalue weighted by Gasteiger charge is -2.29. The highest BCUT2D eigenvalue weighted by atomic mass is 16.3. The minimum Gasteiger partial charge on any atom is -0.507 e. The van der Waals surface area contributed by atoms with Crippen molar-refractivity contribution in [2.75, 3.05) is 10.6 Å². The lowest BCUT2D eigenvalue weighted by molar-refractivity contribution is -0.113.